The molecule has 2 aromatic rings. The van der Waals surface area contributed by atoms with Crippen molar-refractivity contribution >= 4 is 29.9 Å². The third-order valence-electron chi connectivity index (χ3n) is 5.36. The van der Waals surface area contributed by atoms with Crippen molar-refractivity contribution in [3.8, 4) is 0 Å². The number of likely N-dealkylation sites (N-methyl/N-ethyl adjacent to an activating group) is 1. The van der Waals surface area contributed by atoms with E-state index in [4.69, 9.17) is 0 Å². The number of benzene rings is 1. The van der Waals surface area contributed by atoms with Gasteiger partial charge < -0.3 is 15.7 Å². The topological polar surface area (TPSA) is 77.7 Å². The quantitative estimate of drug-likeness (QED) is 0.231. The molecule has 1 heterocycles. The van der Waals surface area contributed by atoms with Crippen LogP contribution in [0.2, 0.25) is 0 Å². The molecule has 8 heteroatoms. The SMILES string of the molecule is CCNC(=NCC(C)(O)c1cnn(C)c1)NCC(Cc1ccccc1)N(CC)CC.I. The van der Waals surface area contributed by atoms with Crippen LogP contribution < -0.4 is 10.6 Å². The second kappa shape index (κ2) is 13.7. The van der Waals surface area contributed by atoms with E-state index in [0.29, 0.717) is 12.0 Å². The standard InChI is InChI=1S/C23H38N6O.HI/c1-6-24-22(26-18-23(4,30)20-15-27-28(5)17-20)25-16-21(29(7-2)8-3)14-19-12-10-9-11-13-19;/h9-13,15,17,21,30H,6-8,14,16,18H2,1-5H3,(H2,24,25,26);1H. The Labute approximate surface area is 204 Å². The number of nitrogens with one attached hydrogen (secondary N) is 2. The highest BCUT2D eigenvalue weighted by Crippen LogP contribution is 2.19. The van der Waals surface area contributed by atoms with Gasteiger partial charge in [-0.1, -0.05) is 44.2 Å². The number of aliphatic hydroxyl groups is 1. The number of aromatic nitrogens is 2. The molecule has 0 saturated carbocycles. The summed E-state index contributed by atoms with van der Waals surface area (Å²) in [6, 6.07) is 11.0. The fraction of sp³-hybridized carbons (Fsp3) is 0.565. The first-order chi connectivity index (χ1) is 14.4. The molecule has 0 aliphatic rings. The van der Waals surface area contributed by atoms with Crippen molar-refractivity contribution in [3.05, 3.63) is 53.9 Å². The lowest BCUT2D eigenvalue weighted by atomic mass is 10.0. The van der Waals surface area contributed by atoms with Gasteiger partial charge in [-0.15, -0.1) is 24.0 Å². The van der Waals surface area contributed by atoms with E-state index in [0.717, 1.165) is 38.2 Å². The molecule has 174 valence electrons. The Balaban J connectivity index is 0.00000480. The Morgan fingerprint density at radius 3 is 2.42 bits per heavy atom. The van der Waals surface area contributed by atoms with Crippen molar-refractivity contribution in [3.63, 3.8) is 0 Å². The minimum absolute atomic E-state index is 0. The number of aliphatic imine (C=N–C) groups is 1. The molecule has 0 aliphatic carbocycles. The molecular weight excluding hydrogens is 503 g/mol. The van der Waals surface area contributed by atoms with Gasteiger partial charge >= 0.3 is 0 Å². The van der Waals surface area contributed by atoms with Crippen molar-refractivity contribution < 1.29 is 5.11 Å². The average molecular weight is 543 g/mol. The van der Waals surface area contributed by atoms with E-state index in [2.05, 4.69) is 69.8 Å². The predicted molar refractivity (Wildman–Crippen MR) is 139 cm³/mol. The van der Waals surface area contributed by atoms with Gasteiger partial charge in [-0.05, 0) is 38.9 Å². The monoisotopic (exact) mass is 542 g/mol. The summed E-state index contributed by atoms with van der Waals surface area (Å²) >= 11 is 0. The number of hydrogen-bond acceptors (Lipinski definition) is 4. The van der Waals surface area contributed by atoms with E-state index in [1.165, 1.54) is 5.56 Å². The Kier molecular flexibility index (Phi) is 12.1. The maximum Gasteiger partial charge on any atom is 0.191 e. The van der Waals surface area contributed by atoms with Gasteiger partial charge in [-0.3, -0.25) is 9.58 Å². The largest absolute Gasteiger partial charge is 0.383 e. The summed E-state index contributed by atoms with van der Waals surface area (Å²) in [5.41, 5.74) is 1.02. The summed E-state index contributed by atoms with van der Waals surface area (Å²) in [4.78, 5) is 7.12. The number of nitrogens with zero attached hydrogens (tertiary/aromatic N) is 4. The van der Waals surface area contributed by atoms with Gasteiger partial charge in [-0.2, -0.15) is 5.10 Å². The van der Waals surface area contributed by atoms with Crippen molar-refractivity contribution in [2.24, 2.45) is 12.0 Å². The van der Waals surface area contributed by atoms with Crippen LogP contribution in [0, 0.1) is 0 Å². The van der Waals surface area contributed by atoms with Crippen molar-refractivity contribution in [2.45, 2.75) is 45.8 Å². The van der Waals surface area contributed by atoms with Crippen LogP contribution >= 0.6 is 24.0 Å². The average Bonchev–Trinajstić information content (AvgIpc) is 3.19. The lowest BCUT2D eigenvalue weighted by Crippen LogP contribution is -2.48. The molecule has 2 unspecified atom stereocenters. The van der Waals surface area contributed by atoms with Gasteiger partial charge in [0.1, 0.15) is 5.60 Å². The lowest BCUT2D eigenvalue weighted by molar-refractivity contribution is 0.0671. The molecular formula is C23H39IN6O. The first-order valence-electron chi connectivity index (χ1n) is 10.9. The Morgan fingerprint density at radius 2 is 1.87 bits per heavy atom. The van der Waals surface area contributed by atoms with Gasteiger partial charge in [0.15, 0.2) is 5.96 Å². The van der Waals surface area contributed by atoms with Crippen LogP contribution in [0.4, 0.5) is 0 Å². The zero-order valence-corrected chi connectivity index (χ0v) is 21.8. The second-order valence-corrected chi connectivity index (χ2v) is 7.82. The highest BCUT2D eigenvalue weighted by Gasteiger charge is 2.25. The lowest BCUT2D eigenvalue weighted by Gasteiger charge is -2.30. The van der Waals surface area contributed by atoms with Crippen LogP contribution in [-0.2, 0) is 19.1 Å². The van der Waals surface area contributed by atoms with E-state index in [9.17, 15) is 5.11 Å². The van der Waals surface area contributed by atoms with Crippen molar-refractivity contribution in [1.82, 2.24) is 25.3 Å². The molecule has 1 aromatic carbocycles. The molecule has 0 saturated heterocycles. The first kappa shape index (κ1) is 27.4. The van der Waals surface area contributed by atoms with Crippen LogP contribution in [0.25, 0.3) is 0 Å². The van der Waals surface area contributed by atoms with Crippen LogP contribution in [0.1, 0.15) is 38.8 Å². The first-order valence-corrected chi connectivity index (χ1v) is 10.9. The third-order valence-corrected chi connectivity index (χ3v) is 5.36. The van der Waals surface area contributed by atoms with E-state index < -0.39 is 5.60 Å². The maximum atomic E-state index is 10.8. The van der Waals surface area contributed by atoms with E-state index in [-0.39, 0.29) is 30.5 Å². The Morgan fingerprint density at radius 1 is 1.19 bits per heavy atom. The molecule has 0 spiro atoms. The highest BCUT2D eigenvalue weighted by atomic mass is 127. The number of aryl methyl sites for hydroxylation is 1. The molecule has 0 bridgehead atoms. The van der Waals surface area contributed by atoms with Crippen LogP contribution in [-0.4, -0.2) is 64.5 Å². The van der Waals surface area contributed by atoms with Gasteiger partial charge in [0.2, 0.25) is 0 Å². The van der Waals surface area contributed by atoms with Gasteiger partial charge in [0.25, 0.3) is 0 Å². The van der Waals surface area contributed by atoms with Crippen LogP contribution in [0.5, 0.6) is 0 Å². The molecule has 0 radical (unpaired) electrons. The molecule has 3 N–H and O–H groups in total. The summed E-state index contributed by atoms with van der Waals surface area (Å²) in [6.07, 6.45) is 4.49. The number of guanidine groups is 1. The summed E-state index contributed by atoms with van der Waals surface area (Å²) < 4.78 is 1.69. The smallest absolute Gasteiger partial charge is 0.191 e. The van der Waals surface area contributed by atoms with Gasteiger partial charge in [-0.25, -0.2) is 4.99 Å². The molecule has 0 aliphatic heterocycles. The molecule has 7 nitrogen and oxygen atoms in total. The minimum atomic E-state index is -1.07. The maximum absolute atomic E-state index is 10.8. The third kappa shape index (κ3) is 8.78. The molecule has 2 rings (SSSR count). The van der Waals surface area contributed by atoms with Gasteiger partial charge in [0, 0.05) is 37.9 Å². The summed E-state index contributed by atoms with van der Waals surface area (Å²) in [5, 5.41) is 21.8. The van der Waals surface area contributed by atoms with Gasteiger partial charge in [0.05, 0.1) is 12.7 Å². The number of halogens is 1. The minimum Gasteiger partial charge on any atom is -0.383 e. The fourth-order valence-electron chi connectivity index (χ4n) is 3.54. The molecule has 0 amide bonds. The molecule has 31 heavy (non-hydrogen) atoms. The fourth-order valence-corrected chi connectivity index (χ4v) is 3.54. The number of hydrogen-bond donors (Lipinski definition) is 3. The number of rotatable bonds is 11. The van der Waals surface area contributed by atoms with Crippen LogP contribution in [0.3, 0.4) is 0 Å². The summed E-state index contributed by atoms with van der Waals surface area (Å²) in [6.45, 7) is 12.0. The zero-order chi connectivity index (χ0) is 22.0. The molecule has 1 aromatic heterocycles. The molecule has 2 atom stereocenters. The highest BCUT2D eigenvalue weighted by molar-refractivity contribution is 14.0. The second-order valence-electron chi connectivity index (χ2n) is 7.82. The summed E-state index contributed by atoms with van der Waals surface area (Å²) in [5.74, 6) is 0.715. The van der Waals surface area contributed by atoms with Crippen LogP contribution in [0.15, 0.2) is 47.7 Å². The Hall–Kier alpha value is -1.65. The van der Waals surface area contributed by atoms with Crippen molar-refractivity contribution in [1.29, 1.82) is 0 Å². The summed E-state index contributed by atoms with van der Waals surface area (Å²) in [7, 11) is 1.84. The van der Waals surface area contributed by atoms with E-state index in [1.807, 2.05) is 20.2 Å². The van der Waals surface area contributed by atoms with E-state index >= 15 is 0 Å². The predicted octanol–water partition coefficient (Wildman–Crippen LogP) is 2.75. The van der Waals surface area contributed by atoms with E-state index in [1.54, 1.807) is 17.8 Å². The zero-order valence-electron chi connectivity index (χ0n) is 19.5. The normalized spacial score (nSPS) is 14.6. The Bertz CT molecular complexity index is 773. The molecule has 0 fully saturated rings. The van der Waals surface area contributed by atoms with Crippen molar-refractivity contribution in [2.75, 3.05) is 32.7 Å².